The van der Waals surface area contributed by atoms with Crippen molar-refractivity contribution in [2.24, 2.45) is 0 Å². The molecule has 1 unspecified atom stereocenters. The van der Waals surface area contributed by atoms with Crippen LogP contribution in [0, 0.1) is 6.92 Å². The molecule has 2 N–H and O–H groups in total. The number of ether oxygens (including phenoxy) is 1. The fraction of sp³-hybridized carbons (Fsp3) is 0.267. The maximum Gasteiger partial charge on any atom is 0.255 e. The molecule has 0 radical (unpaired) electrons. The van der Waals surface area contributed by atoms with E-state index in [0.717, 1.165) is 5.76 Å². The summed E-state index contributed by atoms with van der Waals surface area (Å²) in [7, 11) is 0. The van der Waals surface area contributed by atoms with E-state index in [4.69, 9.17) is 9.15 Å². The quantitative estimate of drug-likeness (QED) is 0.875. The molecule has 2 heterocycles. The van der Waals surface area contributed by atoms with Crippen LogP contribution in [-0.4, -0.2) is 24.2 Å². The number of benzene rings is 1. The largest absolute Gasteiger partial charge is 0.491 e. The van der Waals surface area contributed by atoms with Crippen molar-refractivity contribution in [3.8, 4) is 5.75 Å². The Balaban J connectivity index is 1.97. The highest BCUT2D eigenvalue weighted by molar-refractivity contribution is 5.97. The molecule has 1 atom stereocenters. The molecule has 1 aliphatic heterocycles. The molecule has 5 nitrogen and oxygen atoms in total. The molecule has 20 heavy (non-hydrogen) atoms. The smallest absolute Gasteiger partial charge is 0.255 e. The normalized spacial score (nSPS) is 15.8. The molecule has 3 rings (SSSR count). The topological polar surface area (TPSA) is 71.7 Å². The maximum absolute atomic E-state index is 11.9. The first-order valence-corrected chi connectivity index (χ1v) is 6.43. The maximum atomic E-state index is 11.9. The number of hydrogen-bond donors (Lipinski definition) is 2. The highest BCUT2D eigenvalue weighted by atomic mass is 16.5. The molecule has 0 aliphatic carbocycles. The Morgan fingerprint density at radius 1 is 1.30 bits per heavy atom. The summed E-state index contributed by atoms with van der Waals surface area (Å²) in [5.41, 5.74) is 1.74. The number of fused-ring (bicyclic) bond motifs is 1. The van der Waals surface area contributed by atoms with Gasteiger partial charge in [0.2, 0.25) is 0 Å². The highest BCUT2D eigenvalue weighted by Gasteiger charge is 2.20. The number of nitrogens with one attached hydrogen (secondary N) is 1. The zero-order valence-corrected chi connectivity index (χ0v) is 11.1. The molecular weight excluding hydrogens is 258 g/mol. The summed E-state index contributed by atoms with van der Waals surface area (Å²) in [6, 6.07) is 6.89. The van der Waals surface area contributed by atoms with Gasteiger partial charge >= 0.3 is 0 Å². The average Bonchev–Trinajstić information content (AvgIpc) is 2.80. The summed E-state index contributed by atoms with van der Waals surface area (Å²) in [4.78, 5) is 11.9. The van der Waals surface area contributed by atoms with E-state index in [0.29, 0.717) is 35.6 Å². The van der Waals surface area contributed by atoms with Crippen molar-refractivity contribution < 1.29 is 19.1 Å². The lowest BCUT2D eigenvalue weighted by Crippen LogP contribution is -2.24. The third kappa shape index (κ3) is 2.28. The molecule has 0 saturated carbocycles. The molecule has 2 aromatic rings. The van der Waals surface area contributed by atoms with Crippen LogP contribution in [0.4, 0.5) is 0 Å². The lowest BCUT2D eigenvalue weighted by atomic mass is 10.0. The van der Waals surface area contributed by atoms with Gasteiger partial charge in [-0.2, -0.15) is 0 Å². The predicted octanol–water partition coefficient (Wildman–Crippen LogP) is 1.79. The average molecular weight is 273 g/mol. The Morgan fingerprint density at radius 3 is 2.90 bits per heavy atom. The van der Waals surface area contributed by atoms with Crippen LogP contribution >= 0.6 is 0 Å². The van der Waals surface area contributed by atoms with Crippen LogP contribution in [0.1, 0.15) is 33.3 Å². The number of amides is 1. The van der Waals surface area contributed by atoms with Crippen LogP contribution in [0.2, 0.25) is 0 Å². The van der Waals surface area contributed by atoms with E-state index >= 15 is 0 Å². The van der Waals surface area contributed by atoms with Gasteiger partial charge in [0, 0.05) is 5.56 Å². The lowest BCUT2D eigenvalue weighted by Gasteiger charge is -2.12. The van der Waals surface area contributed by atoms with Crippen LogP contribution in [0.3, 0.4) is 0 Å². The van der Waals surface area contributed by atoms with Gasteiger partial charge in [-0.1, -0.05) is 6.07 Å². The van der Waals surface area contributed by atoms with Gasteiger partial charge in [0.25, 0.3) is 5.91 Å². The minimum atomic E-state index is -0.825. The Labute approximate surface area is 116 Å². The van der Waals surface area contributed by atoms with E-state index in [1.54, 1.807) is 24.3 Å². The fourth-order valence-corrected chi connectivity index (χ4v) is 2.24. The molecule has 1 aromatic heterocycles. The van der Waals surface area contributed by atoms with Crippen molar-refractivity contribution in [1.29, 1.82) is 0 Å². The molecule has 1 amide bonds. The summed E-state index contributed by atoms with van der Waals surface area (Å²) in [6.07, 6.45) is 0.691. The molecule has 104 valence electrons. The Morgan fingerprint density at radius 2 is 2.15 bits per heavy atom. The van der Waals surface area contributed by atoms with Gasteiger partial charge < -0.3 is 19.6 Å². The minimum Gasteiger partial charge on any atom is -0.491 e. The van der Waals surface area contributed by atoms with E-state index in [1.165, 1.54) is 6.26 Å². The zero-order valence-electron chi connectivity index (χ0n) is 11.1. The summed E-state index contributed by atoms with van der Waals surface area (Å²) in [6.45, 7) is 2.74. The minimum absolute atomic E-state index is 0.185. The number of aliphatic hydroxyl groups excluding tert-OH is 1. The summed E-state index contributed by atoms with van der Waals surface area (Å²) >= 11 is 0. The molecular formula is C15H15NO4. The van der Waals surface area contributed by atoms with Gasteiger partial charge in [-0.15, -0.1) is 0 Å². The second-order valence-electron chi connectivity index (χ2n) is 4.75. The van der Waals surface area contributed by atoms with Crippen molar-refractivity contribution in [1.82, 2.24) is 5.32 Å². The number of aliphatic hydroxyl groups is 1. The number of hydrogen-bond acceptors (Lipinski definition) is 4. The molecule has 0 bridgehead atoms. The van der Waals surface area contributed by atoms with E-state index in [1.807, 2.05) is 6.92 Å². The molecule has 0 fully saturated rings. The van der Waals surface area contributed by atoms with Crippen LogP contribution in [-0.2, 0) is 0 Å². The lowest BCUT2D eigenvalue weighted by molar-refractivity contribution is 0.0957. The third-order valence-corrected chi connectivity index (χ3v) is 3.28. The number of carbonyl (C=O) groups excluding carboxylic acids is 1. The fourth-order valence-electron chi connectivity index (χ4n) is 2.24. The van der Waals surface area contributed by atoms with Gasteiger partial charge in [0.1, 0.15) is 24.2 Å². The summed E-state index contributed by atoms with van der Waals surface area (Å²) in [5, 5.41) is 13.1. The number of furan rings is 1. The van der Waals surface area contributed by atoms with E-state index < -0.39 is 6.10 Å². The number of carbonyl (C=O) groups is 1. The van der Waals surface area contributed by atoms with Crippen LogP contribution in [0.5, 0.6) is 5.75 Å². The number of rotatable bonds is 2. The second-order valence-corrected chi connectivity index (χ2v) is 4.75. The van der Waals surface area contributed by atoms with Gasteiger partial charge in [0.05, 0.1) is 18.4 Å². The van der Waals surface area contributed by atoms with Crippen molar-refractivity contribution in [3.63, 3.8) is 0 Å². The van der Waals surface area contributed by atoms with Gasteiger partial charge in [-0.3, -0.25) is 4.79 Å². The SMILES string of the molecule is Cc1cc(C(O)c2ccc3c(c2)C(=O)NCCO3)co1. The third-order valence-electron chi connectivity index (χ3n) is 3.28. The van der Waals surface area contributed by atoms with E-state index in [-0.39, 0.29) is 5.91 Å². The first kappa shape index (κ1) is 12.7. The van der Waals surface area contributed by atoms with Crippen LogP contribution in [0.15, 0.2) is 34.9 Å². The Hall–Kier alpha value is -2.27. The predicted molar refractivity (Wildman–Crippen MR) is 71.8 cm³/mol. The van der Waals surface area contributed by atoms with E-state index in [9.17, 15) is 9.90 Å². The van der Waals surface area contributed by atoms with Gasteiger partial charge in [-0.05, 0) is 30.7 Å². The molecule has 0 saturated heterocycles. The second kappa shape index (κ2) is 5.02. The summed E-state index contributed by atoms with van der Waals surface area (Å²) in [5.74, 6) is 1.09. The number of aryl methyl sites for hydroxylation is 1. The van der Waals surface area contributed by atoms with Crippen LogP contribution in [0.25, 0.3) is 0 Å². The molecule has 5 heteroatoms. The van der Waals surface area contributed by atoms with Crippen molar-refractivity contribution in [2.45, 2.75) is 13.0 Å². The standard InChI is InChI=1S/C15H15NO4/c1-9-6-11(8-20-9)14(17)10-2-3-13-12(7-10)15(18)16-4-5-19-13/h2-3,6-8,14,17H,4-5H2,1H3,(H,16,18). The first-order chi connectivity index (χ1) is 9.65. The van der Waals surface area contributed by atoms with Crippen LogP contribution < -0.4 is 10.1 Å². The monoisotopic (exact) mass is 273 g/mol. The Kier molecular flexibility index (Phi) is 3.20. The zero-order chi connectivity index (χ0) is 14.1. The van der Waals surface area contributed by atoms with E-state index in [2.05, 4.69) is 5.32 Å². The molecule has 1 aliphatic rings. The van der Waals surface area contributed by atoms with Crippen molar-refractivity contribution >= 4 is 5.91 Å². The van der Waals surface area contributed by atoms with Gasteiger partial charge in [-0.25, -0.2) is 0 Å². The van der Waals surface area contributed by atoms with Crippen molar-refractivity contribution in [2.75, 3.05) is 13.2 Å². The van der Waals surface area contributed by atoms with Crippen molar-refractivity contribution in [3.05, 3.63) is 53.0 Å². The molecule has 0 spiro atoms. The highest BCUT2D eigenvalue weighted by Crippen LogP contribution is 2.28. The molecule has 1 aromatic carbocycles. The first-order valence-electron chi connectivity index (χ1n) is 6.43. The summed E-state index contributed by atoms with van der Waals surface area (Å²) < 4.78 is 10.7. The van der Waals surface area contributed by atoms with Gasteiger partial charge in [0.15, 0.2) is 0 Å². The Bertz CT molecular complexity index is 647.